The topological polar surface area (TPSA) is 123 Å². The van der Waals surface area contributed by atoms with Crippen LogP contribution in [0.3, 0.4) is 0 Å². The third-order valence-electron chi connectivity index (χ3n) is 3.94. The molecule has 0 aromatic carbocycles. The van der Waals surface area contributed by atoms with Crippen LogP contribution in [0.4, 0.5) is 0 Å². The van der Waals surface area contributed by atoms with Gasteiger partial charge in [0.15, 0.2) is 0 Å². The van der Waals surface area contributed by atoms with Gasteiger partial charge in [-0.3, -0.25) is 14.5 Å². The molecule has 2 aliphatic heterocycles. The first-order valence-electron chi connectivity index (χ1n) is 7.61. The molecule has 2 atom stereocenters. The van der Waals surface area contributed by atoms with Gasteiger partial charge >= 0.3 is 0 Å². The standard InChI is InChI=1S/C11H17N3OS.2C2H4O2/c15-8-11-6-12-3-9(11)4-14(7-11)5-10-1-2-13-16-10;2*1-2(3)4/h1-2,9,12,15H,3-8H2;2*1H3,(H,3,4). The summed E-state index contributed by atoms with van der Waals surface area (Å²) in [7, 11) is 0. The van der Waals surface area contributed by atoms with Crippen molar-refractivity contribution in [3.63, 3.8) is 0 Å². The SMILES string of the molecule is CC(=O)O.CC(=O)O.OCC12CNCC1CN(Cc1ccns1)C2. The van der Waals surface area contributed by atoms with Crippen molar-refractivity contribution in [2.24, 2.45) is 11.3 Å². The maximum absolute atomic E-state index is 9.59. The van der Waals surface area contributed by atoms with Gasteiger partial charge in [0.2, 0.25) is 0 Å². The molecule has 0 aliphatic carbocycles. The van der Waals surface area contributed by atoms with Crippen molar-refractivity contribution in [3.05, 3.63) is 17.1 Å². The lowest BCUT2D eigenvalue weighted by molar-refractivity contribution is -0.135. The van der Waals surface area contributed by atoms with Crippen LogP contribution in [0.5, 0.6) is 0 Å². The van der Waals surface area contributed by atoms with E-state index in [4.69, 9.17) is 19.8 Å². The molecule has 1 aromatic rings. The van der Waals surface area contributed by atoms with Crippen LogP contribution in [0.15, 0.2) is 12.3 Å². The van der Waals surface area contributed by atoms with Crippen LogP contribution in [-0.2, 0) is 16.1 Å². The Bertz CT molecular complexity index is 505. The van der Waals surface area contributed by atoms with Crippen molar-refractivity contribution < 1.29 is 24.9 Å². The fourth-order valence-electron chi connectivity index (χ4n) is 3.02. The van der Waals surface area contributed by atoms with E-state index in [-0.39, 0.29) is 5.41 Å². The number of likely N-dealkylation sites (tertiary alicyclic amines) is 1. The summed E-state index contributed by atoms with van der Waals surface area (Å²) in [4.78, 5) is 21.8. The van der Waals surface area contributed by atoms with Crippen LogP contribution in [0.1, 0.15) is 18.7 Å². The van der Waals surface area contributed by atoms with E-state index in [2.05, 4.69) is 20.7 Å². The second-order valence-electron chi connectivity index (χ2n) is 6.03. The molecule has 8 nitrogen and oxygen atoms in total. The fraction of sp³-hybridized carbons (Fsp3) is 0.667. The average Bonchev–Trinajstić information content (AvgIpc) is 3.13. The molecule has 1 aromatic heterocycles. The van der Waals surface area contributed by atoms with Gasteiger partial charge in [-0.25, -0.2) is 4.37 Å². The summed E-state index contributed by atoms with van der Waals surface area (Å²) in [5.41, 5.74) is 0.116. The van der Waals surface area contributed by atoms with Gasteiger partial charge in [0.05, 0.1) is 6.61 Å². The van der Waals surface area contributed by atoms with Crippen molar-refractivity contribution in [2.75, 3.05) is 32.8 Å². The molecule has 3 heterocycles. The van der Waals surface area contributed by atoms with E-state index in [0.29, 0.717) is 12.5 Å². The molecule has 0 amide bonds. The van der Waals surface area contributed by atoms with Crippen molar-refractivity contribution >= 4 is 23.5 Å². The molecule has 0 bridgehead atoms. The molecule has 4 N–H and O–H groups in total. The Kier molecular flexibility index (Phi) is 8.26. The molecular formula is C15H25N3O5S. The first kappa shape index (κ1) is 20.5. The Balaban J connectivity index is 0.000000306. The van der Waals surface area contributed by atoms with Gasteiger partial charge in [-0.05, 0) is 30.1 Å². The van der Waals surface area contributed by atoms with E-state index in [9.17, 15) is 5.11 Å². The minimum atomic E-state index is -0.833. The quantitative estimate of drug-likeness (QED) is 0.609. The van der Waals surface area contributed by atoms with E-state index in [0.717, 1.165) is 46.6 Å². The monoisotopic (exact) mass is 359 g/mol. The Morgan fingerprint density at radius 1 is 1.42 bits per heavy atom. The van der Waals surface area contributed by atoms with E-state index >= 15 is 0 Å². The zero-order chi connectivity index (χ0) is 18.2. The molecule has 3 rings (SSSR count). The number of aliphatic hydroxyl groups is 1. The number of rotatable bonds is 3. The smallest absolute Gasteiger partial charge is 0.300 e. The number of fused-ring (bicyclic) bond motifs is 1. The highest BCUT2D eigenvalue weighted by atomic mass is 32.1. The molecule has 136 valence electrons. The van der Waals surface area contributed by atoms with Crippen molar-refractivity contribution in [3.8, 4) is 0 Å². The number of carbonyl (C=O) groups is 2. The van der Waals surface area contributed by atoms with Gasteiger partial charge < -0.3 is 20.6 Å². The van der Waals surface area contributed by atoms with Gasteiger partial charge in [-0.2, -0.15) is 0 Å². The molecule has 2 saturated heterocycles. The van der Waals surface area contributed by atoms with Crippen molar-refractivity contribution in [1.82, 2.24) is 14.6 Å². The Morgan fingerprint density at radius 2 is 2.04 bits per heavy atom. The first-order valence-corrected chi connectivity index (χ1v) is 8.39. The van der Waals surface area contributed by atoms with E-state index in [1.54, 1.807) is 11.5 Å². The van der Waals surface area contributed by atoms with E-state index in [1.165, 1.54) is 4.88 Å². The highest BCUT2D eigenvalue weighted by Crippen LogP contribution is 2.39. The zero-order valence-corrected chi connectivity index (χ0v) is 14.8. The lowest BCUT2D eigenvalue weighted by Crippen LogP contribution is -2.35. The number of hydrogen-bond donors (Lipinski definition) is 4. The summed E-state index contributed by atoms with van der Waals surface area (Å²) < 4.78 is 4.13. The van der Waals surface area contributed by atoms with Crippen LogP contribution in [0.2, 0.25) is 0 Å². The van der Waals surface area contributed by atoms with Crippen LogP contribution >= 0.6 is 11.5 Å². The summed E-state index contributed by atoms with van der Waals surface area (Å²) in [6, 6.07) is 2.09. The number of aliphatic hydroxyl groups excluding tert-OH is 1. The zero-order valence-electron chi connectivity index (χ0n) is 13.9. The molecule has 0 saturated carbocycles. The molecular weight excluding hydrogens is 334 g/mol. The van der Waals surface area contributed by atoms with Crippen molar-refractivity contribution in [2.45, 2.75) is 20.4 Å². The number of nitrogens with one attached hydrogen (secondary N) is 1. The highest BCUT2D eigenvalue weighted by Gasteiger charge is 2.48. The molecule has 2 aliphatic rings. The number of aliphatic carboxylic acids is 2. The second kappa shape index (κ2) is 9.67. The molecule has 2 unspecified atom stereocenters. The van der Waals surface area contributed by atoms with Gasteiger partial charge in [0.1, 0.15) is 0 Å². The van der Waals surface area contributed by atoms with Crippen LogP contribution < -0.4 is 5.32 Å². The molecule has 2 fully saturated rings. The Morgan fingerprint density at radius 3 is 2.50 bits per heavy atom. The largest absolute Gasteiger partial charge is 0.481 e. The van der Waals surface area contributed by atoms with E-state index in [1.807, 2.05) is 6.20 Å². The van der Waals surface area contributed by atoms with Gasteiger partial charge in [0.25, 0.3) is 11.9 Å². The number of nitrogens with zero attached hydrogens (tertiary/aromatic N) is 2. The predicted octanol–water partition coefficient (Wildman–Crippen LogP) is 0.339. The lowest BCUT2D eigenvalue weighted by atomic mass is 9.82. The van der Waals surface area contributed by atoms with Crippen LogP contribution in [-0.4, -0.2) is 69.3 Å². The maximum atomic E-state index is 9.59. The minimum absolute atomic E-state index is 0.116. The van der Waals surface area contributed by atoms with E-state index < -0.39 is 11.9 Å². The maximum Gasteiger partial charge on any atom is 0.300 e. The normalized spacial score (nSPS) is 25.0. The Labute approximate surface area is 145 Å². The first-order chi connectivity index (χ1) is 11.3. The molecule has 24 heavy (non-hydrogen) atoms. The molecule has 9 heteroatoms. The second-order valence-corrected chi connectivity index (χ2v) is 6.95. The summed E-state index contributed by atoms with van der Waals surface area (Å²) >= 11 is 1.57. The number of carboxylic acid groups (broad SMARTS) is 2. The number of aromatic nitrogens is 1. The van der Waals surface area contributed by atoms with Gasteiger partial charge in [-0.1, -0.05) is 0 Å². The predicted molar refractivity (Wildman–Crippen MR) is 89.9 cm³/mol. The summed E-state index contributed by atoms with van der Waals surface area (Å²) in [6.45, 7) is 7.60. The summed E-state index contributed by atoms with van der Waals surface area (Å²) in [6.07, 6.45) is 1.86. The Hall–Kier alpha value is -1.55. The van der Waals surface area contributed by atoms with Gasteiger partial charge in [0, 0.05) is 56.5 Å². The molecule has 0 spiro atoms. The fourth-order valence-corrected chi connectivity index (χ4v) is 3.64. The molecule has 0 radical (unpaired) electrons. The average molecular weight is 359 g/mol. The van der Waals surface area contributed by atoms with Crippen LogP contribution in [0, 0.1) is 11.3 Å². The summed E-state index contributed by atoms with van der Waals surface area (Å²) in [5, 5.41) is 27.8. The third kappa shape index (κ3) is 6.52. The highest BCUT2D eigenvalue weighted by molar-refractivity contribution is 7.05. The van der Waals surface area contributed by atoms with Crippen LogP contribution in [0.25, 0.3) is 0 Å². The third-order valence-corrected chi connectivity index (χ3v) is 4.66. The lowest BCUT2D eigenvalue weighted by Gasteiger charge is -2.25. The summed E-state index contributed by atoms with van der Waals surface area (Å²) in [5.74, 6) is -1.05. The number of hydrogen-bond acceptors (Lipinski definition) is 7. The minimum Gasteiger partial charge on any atom is -0.481 e. The van der Waals surface area contributed by atoms with Crippen molar-refractivity contribution in [1.29, 1.82) is 0 Å². The number of carboxylic acids is 2. The van der Waals surface area contributed by atoms with Gasteiger partial charge in [-0.15, -0.1) is 0 Å².